The van der Waals surface area contributed by atoms with Crippen molar-refractivity contribution in [2.24, 2.45) is 7.05 Å². The van der Waals surface area contributed by atoms with Crippen LogP contribution in [0.1, 0.15) is 31.6 Å². The molecule has 1 amide bonds. The number of anilines is 1. The summed E-state index contributed by atoms with van der Waals surface area (Å²) in [6.07, 6.45) is 5.21. The van der Waals surface area contributed by atoms with Crippen LogP contribution in [0.3, 0.4) is 0 Å². The molecule has 1 N–H and O–H groups in total. The van der Waals surface area contributed by atoms with Crippen LogP contribution in [0.2, 0.25) is 0 Å². The van der Waals surface area contributed by atoms with Gasteiger partial charge in [-0.3, -0.25) is 9.69 Å². The molecule has 0 bridgehead atoms. The SMILES string of the molecule is CCCn1nccc1NC(=O)CN1C[C@H](OC)C[C@H]1c1nncn1C. The number of amides is 1. The highest BCUT2D eigenvalue weighted by atomic mass is 16.5. The van der Waals surface area contributed by atoms with Crippen LogP contribution in [0.25, 0.3) is 0 Å². The van der Waals surface area contributed by atoms with E-state index in [1.54, 1.807) is 24.3 Å². The summed E-state index contributed by atoms with van der Waals surface area (Å²) in [5.41, 5.74) is 0. The molecule has 3 heterocycles. The van der Waals surface area contributed by atoms with Crippen LogP contribution >= 0.6 is 0 Å². The topological polar surface area (TPSA) is 90.1 Å². The van der Waals surface area contributed by atoms with E-state index in [4.69, 9.17) is 4.74 Å². The largest absolute Gasteiger partial charge is 0.380 e. The predicted octanol–water partition coefficient (Wildman–Crippen LogP) is 0.822. The number of aryl methyl sites for hydroxylation is 2. The second-order valence-electron chi connectivity index (χ2n) is 6.33. The first-order valence-electron chi connectivity index (χ1n) is 8.54. The number of hydrogen-bond donors (Lipinski definition) is 1. The van der Waals surface area contributed by atoms with Gasteiger partial charge in [0.2, 0.25) is 5.91 Å². The minimum Gasteiger partial charge on any atom is -0.380 e. The molecule has 0 saturated carbocycles. The van der Waals surface area contributed by atoms with Gasteiger partial charge < -0.3 is 14.6 Å². The van der Waals surface area contributed by atoms with Crippen molar-refractivity contribution in [3.8, 4) is 0 Å². The first kappa shape index (κ1) is 17.6. The number of rotatable bonds is 7. The second-order valence-corrected chi connectivity index (χ2v) is 6.33. The number of carbonyl (C=O) groups excluding carboxylic acids is 1. The highest BCUT2D eigenvalue weighted by Gasteiger charge is 2.36. The molecular weight excluding hydrogens is 322 g/mol. The lowest BCUT2D eigenvalue weighted by Crippen LogP contribution is -2.35. The summed E-state index contributed by atoms with van der Waals surface area (Å²) in [4.78, 5) is 14.6. The van der Waals surface area contributed by atoms with Crippen LogP contribution in [0.5, 0.6) is 0 Å². The maximum Gasteiger partial charge on any atom is 0.239 e. The zero-order valence-corrected chi connectivity index (χ0v) is 14.9. The first-order chi connectivity index (χ1) is 12.1. The number of methoxy groups -OCH3 is 1. The zero-order valence-electron chi connectivity index (χ0n) is 14.9. The Balaban J connectivity index is 1.68. The standard InChI is InChI=1S/C16H25N7O2/c1-4-7-23-14(5-6-18-23)19-15(24)10-22-9-12(25-3)8-13(22)16-20-17-11-21(16)2/h5-6,11-13H,4,7-10H2,1-3H3,(H,19,24)/t12-,13+/m1/s1. The summed E-state index contributed by atoms with van der Waals surface area (Å²) >= 11 is 0. The molecule has 0 radical (unpaired) electrons. The van der Waals surface area contributed by atoms with Crippen molar-refractivity contribution in [1.82, 2.24) is 29.4 Å². The monoisotopic (exact) mass is 347 g/mol. The Morgan fingerprint density at radius 3 is 3.00 bits per heavy atom. The fraction of sp³-hybridized carbons (Fsp3) is 0.625. The van der Waals surface area contributed by atoms with E-state index in [1.807, 2.05) is 17.7 Å². The van der Waals surface area contributed by atoms with Crippen LogP contribution in [0, 0.1) is 0 Å². The minimum atomic E-state index is -0.0678. The van der Waals surface area contributed by atoms with Crippen molar-refractivity contribution in [3.63, 3.8) is 0 Å². The smallest absolute Gasteiger partial charge is 0.239 e. The molecule has 0 aromatic carbocycles. The highest BCUT2D eigenvalue weighted by molar-refractivity contribution is 5.91. The summed E-state index contributed by atoms with van der Waals surface area (Å²) in [6, 6.07) is 1.83. The molecule has 1 aliphatic rings. The molecule has 0 unspecified atom stereocenters. The third kappa shape index (κ3) is 3.88. The van der Waals surface area contributed by atoms with E-state index in [0.29, 0.717) is 6.54 Å². The Bertz CT molecular complexity index is 711. The first-order valence-corrected chi connectivity index (χ1v) is 8.54. The van der Waals surface area contributed by atoms with Gasteiger partial charge in [0.05, 0.1) is 24.9 Å². The van der Waals surface area contributed by atoms with Crippen LogP contribution in [-0.2, 0) is 23.1 Å². The maximum atomic E-state index is 12.5. The van der Waals surface area contributed by atoms with E-state index in [-0.39, 0.29) is 24.6 Å². The van der Waals surface area contributed by atoms with Gasteiger partial charge in [0, 0.05) is 33.3 Å². The second kappa shape index (κ2) is 7.75. The highest BCUT2D eigenvalue weighted by Crippen LogP contribution is 2.31. The van der Waals surface area contributed by atoms with Crippen molar-refractivity contribution < 1.29 is 9.53 Å². The number of nitrogens with one attached hydrogen (secondary N) is 1. The Kier molecular flexibility index (Phi) is 5.44. The third-order valence-corrected chi connectivity index (χ3v) is 4.51. The molecular formula is C16H25N7O2. The fourth-order valence-electron chi connectivity index (χ4n) is 3.27. The Labute approximate surface area is 147 Å². The lowest BCUT2D eigenvalue weighted by molar-refractivity contribution is -0.117. The summed E-state index contributed by atoms with van der Waals surface area (Å²) in [5.74, 6) is 1.51. The zero-order chi connectivity index (χ0) is 17.8. The van der Waals surface area contributed by atoms with E-state index in [0.717, 1.165) is 31.0 Å². The van der Waals surface area contributed by atoms with Crippen molar-refractivity contribution in [1.29, 1.82) is 0 Å². The molecule has 25 heavy (non-hydrogen) atoms. The number of nitrogens with zero attached hydrogens (tertiary/aromatic N) is 6. The Morgan fingerprint density at radius 2 is 2.32 bits per heavy atom. The molecule has 0 spiro atoms. The van der Waals surface area contributed by atoms with E-state index < -0.39 is 0 Å². The van der Waals surface area contributed by atoms with E-state index in [2.05, 4.69) is 32.4 Å². The molecule has 1 fully saturated rings. The molecule has 1 saturated heterocycles. The molecule has 2 aromatic heterocycles. The number of carbonyl (C=O) groups is 1. The van der Waals surface area contributed by atoms with Gasteiger partial charge in [-0.15, -0.1) is 10.2 Å². The quantitative estimate of drug-likeness (QED) is 0.798. The molecule has 2 aromatic rings. The number of hydrogen-bond acceptors (Lipinski definition) is 6. The van der Waals surface area contributed by atoms with Gasteiger partial charge in [-0.2, -0.15) is 5.10 Å². The number of ether oxygens (including phenoxy) is 1. The average molecular weight is 347 g/mol. The van der Waals surface area contributed by atoms with Crippen LogP contribution < -0.4 is 5.32 Å². The molecule has 136 valence electrons. The van der Waals surface area contributed by atoms with Gasteiger partial charge in [-0.1, -0.05) is 6.92 Å². The molecule has 1 aliphatic heterocycles. The van der Waals surface area contributed by atoms with E-state index in [1.165, 1.54) is 0 Å². The summed E-state index contributed by atoms with van der Waals surface area (Å²) < 4.78 is 9.20. The minimum absolute atomic E-state index is 0.0174. The molecule has 2 atom stereocenters. The molecule has 0 aliphatic carbocycles. The van der Waals surface area contributed by atoms with Gasteiger partial charge >= 0.3 is 0 Å². The number of aromatic nitrogens is 5. The Morgan fingerprint density at radius 1 is 1.48 bits per heavy atom. The lowest BCUT2D eigenvalue weighted by Gasteiger charge is -2.22. The summed E-state index contributed by atoms with van der Waals surface area (Å²) in [5, 5.41) is 15.3. The molecule has 9 heteroatoms. The van der Waals surface area contributed by atoms with Crippen LogP contribution in [-0.4, -0.2) is 61.7 Å². The maximum absolute atomic E-state index is 12.5. The number of likely N-dealkylation sites (tertiary alicyclic amines) is 1. The van der Waals surface area contributed by atoms with Crippen LogP contribution in [0.4, 0.5) is 5.82 Å². The normalized spacial score (nSPS) is 20.9. The van der Waals surface area contributed by atoms with Crippen molar-refractivity contribution in [3.05, 3.63) is 24.4 Å². The third-order valence-electron chi connectivity index (χ3n) is 4.51. The van der Waals surface area contributed by atoms with Gasteiger partial charge in [0.25, 0.3) is 0 Å². The van der Waals surface area contributed by atoms with Crippen molar-refractivity contribution in [2.45, 2.75) is 38.5 Å². The molecule has 3 rings (SSSR count). The fourth-order valence-corrected chi connectivity index (χ4v) is 3.27. The Hall–Kier alpha value is -2.26. The lowest BCUT2D eigenvalue weighted by atomic mass is 10.2. The summed E-state index contributed by atoms with van der Waals surface area (Å²) in [6.45, 7) is 3.82. The van der Waals surface area contributed by atoms with Gasteiger partial charge in [-0.05, 0) is 12.8 Å². The van der Waals surface area contributed by atoms with Gasteiger partial charge in [0.1, 0.15) is 18.0 Å². The van der Waals surface area contributed by atoms with Gasteiger partial charge in [0.15, 0.2) is 0 Å². The average Bonchev–Trinajstić information content (AvgIpc) is 3.29. The summed E-state index contributed by atoms with van der Waals surface area (Å²) in [7, 11) is 3.61. The van der Waals surface area contributed by atoms with Crippen molar-refractivity contribution in [2.75, 3.05) is 25.5 Å². The van der Waals surface area contributed by atoms with E-state index >= 15 is 0 Å². The molecule has 9 nitrogen and oxygen atoms in total. The van der Waals surface area contributed by atoms with Gasteiger partial charge in [-0.25, -0.2) is 4.68 Å². The predicted molar refractivity (Wildman–Crippen MR) is 91.9 cm³/mol. The van der Waals surface area contributed by atoms with E-state index in [9.17, 15) is 4.79 Å². The van der Waals surface area contributed by atoms with Crippen molar-refractivity contribution >= 4 is 11.7 Å². The van der Waals surface area contributed by atoms with Crippen LogP contribution in [0.15, 0.2) is 18.6 Å².